The highest BCUT2D eigenvalue weighted by molar-refractivity contribution is 5.99. The summed E-state index contributed by atoms with van der Waals surface area (Å²) in [6.07, 6.45) is 5.48. The van der Waals surface area contributed by atoms with Crippen LogP contribution in [-0.2, 0) is 4.79 Å². The van der Waals surface area contributed by atoms with E-state index >= 15 is 0 Å². The SMILES string of the molecule is Cc1ccnc(N2CC[C@]3(CCC[C@@H](NC(=O)c4cccc(F)c4)C3)C2=O)n1. The van der Waals surface area contributed by atoms with E-state index in [0.717, 1.165) is 31.4 Å². The van der Waals surface area contributed by atoms with Gasteiger partial charge in [0, 0.05) is 30.0 Å². The van der Waals surface area contributed by atoms with Crippen molar-refractivity contribution in [3.63, 3.8) is 0 Å². The zero-order valence-corrected chi connectivity index (χ0v) is 15.8. The van der Waals surface area contributed by atoms with Crippen molar-refractivity contribution < 1.29 is 14.0 Å². The molecule has 28 heavy (non-hydrogen) atoms. The number of nitrogens with zero attached hydrogens (tertiary/aromatic N) is 3. The van der Waals surface area contributed by atoms with E-state index in [1.54, 1.807) is 23.2 Å². The second-order valence-corrected chi connectivity index (χ2v) is 7.76. The van der Waals surface area contributed by atoms with Crippen molar-refractivity contribution in [3.8, 4) is 0 Å². The van der Waals surface area contributed by atoms with Crippen molar-refractivity contribution in [2.24, 2.45) is 5.41 Å². The highest BCUT2D eigenvalue weighted by Crippen LogP contribution is 2.45. The number of carbonyl (C=O) groups excluding carboxylic acids is 2. The van der Waals surface area contributed by atoms with Crippen LogP contribution in [0.5, 0.6) is 0 Å². The lowest BCUT2D eigenvalue weighted by Crippen LogP contribution is -2.46. The van der Waals surface area contributed by atoms with Crippen molar-refractivity contribution in [3.05, 3.63) is 53.6 Å². The molecule has 1 aliphatic heterocycles. The molecule has 2 atom stereocenters. The minimum Gasteiger partial charge on any atom is -0.349 e. The van der Waals surface area contributed by atoms with Gasteiger partial charge in [0.2, 0.25) is 11.9 Å². The molecule has 1 aromatic carbocycles. The van der Waals surface area contributed by atoms with Crippen LogP contribution in [0.25, 0.3) is 0 Å². The molecule has 1 aliphatic carbocycles. The van der Waals surface area contributed by atoms with Crippen molar-refractivity contribution >= 4 is 17.8 Å². The molecular weight excluding hydrogens is 359 g/mol. The largest absolute Gasteiger partial charge is 0.349 e. The van der Waals surface area contributed by atoms with Crippen LogP contribution in [0.4, 0.5) is 10.3 Å². The Hall–Kier alpha value is -2.83. The summed E-state index contributed by atoms with van der Waals surface area (Å²) in [5, 5.41) is 2.99. The molecule has 1 saturated heterocycles. The second kappa shape index (κ2) is 7.30. The number of hydrogen-bond donors (Lipinski definition) is 1. The molecule has 0 radical (unpaired) electrons. The summed E-state index contributed by atoms with van der Waals surface area (Å²) < 4.78 is 13.4. The first-order valence-corrected chi connectivity index (χ1v) is 9.65. The van der Waals surface area contributed by atoms with Crippen molar-refractivity contribution in [2.45, 2.75) is 45.1 Å². The summed E-state index contributed by atoms with van der Waals surface area (Å²) in [5.74, 6) is -0.242. The summed E-state index contributed by atoms with van der Waals surface area (Å²) in [5.41, 5.74) is 0.639. The van der Waals surface area contributed by atoms with Gasteiger partial charge in [-0.15, -0.1) is 0 Å². The van der Waals surface area contributed by atoms with Gasteiger partial charge >= 0.3 is 0 Å². The summed E-state index contributed by atoms with van der Waals surface area (Å²) in [6.45, 7) is 2.47. The van der Waals surface area contributed by atoms with Crippen molar-refractivity contribution in [2.75, 3.05) is 11.4 Å². The van der Waals surface area contributed by atoms with Gasteiger partial charge in [0.1, 0.15) is 5.82 Å². The van der Waals surface area contributed by atoms with Crippen LogP contribution in [0.3, 0.4) is 0 Å². The number of benzene rings is 1. The van der Waals surface area contributed by atoms with Gasteiger partial charge in [-0.25, -0.2) is 14.4 Å². The molecule has 0 bridgehead atoms. The second-order valence-electron chi connectivity index (χ2n) is 7.76. The van der Waals surface area contributed by atoms with Gasteiger partial charge in [0.25, 0.3) is 5.91 Å². The lowest BCUT2D eigenvalue weighted by molar-refractivity contribution is -0.127. The third-order valence-corrected chi connectivity index (χ3v) is 5.80. The van der Waals surface area contributed by atoms with E-state index in [2.05, 4.69) is 15.3 Å². The molecule has 2 aromatic rings. The maximum atomic E-state index is 13.4. The number of carbonyl (C=O) groups is 2. The van der Waals surface area contributed by atoms with Crippen LogP contribution in [0.2, 0.25) is 0 Å². The molecule has 2 amide bonds. The minimum absolute atomic E-state index is 0.0443. The van der Waals surface area contributed by atoms with Gasteiger partial charge in [-0.1, -0.05) is 12.5 Å². The lowest BCUT2D eigenvalue weighted by atomic mass is 9.71. The number of nitrogens with one attached hydrogen (secondary N) is 1. The Bertz CT molecular complexity index is 919. The highest BCUT2D eigenvalue weighted by Gasteiger charge is 2.50. The van der Waals surface area contributed by atoms with E-state index in [9.17, 15) is 14.0 Å². The fraction of sp³-hybridized carbons (Fsp3) is 0.429. The average molecular weight is 382 g/mol. The van der Waals surface area contributed by atoms with E-state index in [4.69, 9.17) is 0 Å². The minimum atomic E-state index is -0.481. The topological polar surface area (TPSA) is 75.2 Å². The summed E-state index contributed by atoms with van der Waals surface area (Å²) in [6, 6.07) is 7.35. The smallest absolute Gasteiger partial charge is 0.251 e. The average Bonchev–Trinajstić information content (AvgIpc) is 2.97. The van der Waals surface area contributed by atoms with Crippen molar-refractivity contribution in [1.82, 2.24) is 15.3 Å². The fourth-order valence-corrected chi connectivity index (χ4v) is 4.38. The maximum absolute atomic E-state index is 13.4. The van der Waals surface area contributed by atoms with Gasteiger partial charge in [-0.3, -0.25) is 14.5 Å². The Morgan fingerprint density at radius 2 is 2.18 bits per heavy atom. The normalized spacial score (nSPS) is 24.6. The molecule has 2 aliphatic rings. The van der Waals surface area contributed by atoms with Crippen molar-refractivity contribution in [1.29, 1.82) is 0 Å². The molecule has 6 nitrogen and oxygen atoms in total. The standard InChI is InChI=1S/C21H23FN4O2/c1-14-7-10-23-20(24-14)26-11-9-21(19(26)28)8-3-6-17(13-21)25-18(27)15-4-2-5-16(22)12-15/h2,4-5,7,10,12,17H,3,6,8-9,11,13H2,1H3,(H,25,27)/t17-,21+/m1/s1. The Kier molecular flexibility index (Phi) is 4.83. The van der Waals surface area contributed by atoms with E-state index in [1.165, 1.54) is 18.2 Å². The molecule has 1 N–H and O–H groups in total. The van der Waals surface area contributed by atoms with E-state index < -0.39 is 11.2 Å². The zero-order valence-electron chi connectivity index (χ0n) is 15.8. The molecule has 1 aromatic heterocycles. The third kappa shape index (κ3) is 3.48. The van der Waals surface area contributed by atoms with Gasteiger partial charge < -0.3 is 5.32 Å². The van der Waals surface area contributed by atoms with Gasteiger partial charge in [0.05, 0.1) is 5.41 Å². The Labute approximate surface area is 163 Å². The fourth-order valence-electron chi connectivity index (χ4n) is 4.38. The van der Waals surface area contributed by atoms with E-state index in [-0.39, 0.29) is 17.9 Å². The first-order valence-electron chi connectivity index (χ1n) is 9.65. The molecule has 146 valence electrons. The van der Waals surface area contributed by atoms with Crippen LogP contribution in [0.15, 0.2) is 36.5 Å². The van der Waals surface area contributed by atoms with Crippen LogP contribution < -0.4 is 10.2 Å². The van der Waals surface area contributed by atoms with Gasteiger partial charge in [-0.05, 0) is 56.9 Å². The highest BCUT2D eigenvalue weighted by atomic mass is 19.1. The molecule has 0 unspecified atom stereocenters. The number of aromatic nitrogens is 2. The lowest BCUT2D eigenvalue weighted by Gasteiger charge is -2.36. The number of anilines is 1. The molecule has 7 heteroatoms. The first-order chi connectivity index (χ1) is 13.5. The van der Waals surface area contributed by atoms with E-state index in [1.807, 2.05) is 6.92 Å². The number of rotatable bonds is 3. The van der Waals surface area contributed by atoms with Crippen LogP contribution >= 0.6 is 0 Å². The first kappa shape index (κ1) is 18.5. The van der Waals surface area contributed by atoms with Gasteiger partial charge in [0.15, 0.2) is 0 Å². The summed E-state index contributed by atoms with van der Waals surface area (Å²) in [4.78, 5) is 36.0. The van der Waals surface area contributed by atoms with Crippen LogP contribution in [0.1, 0.15) is 48.2 Å². The van der Waals surface area contributed by atoms with Crippen LogP contribution in [0, 0.1) is 18.2 Å². The molecule has 2 fully saturated rings. The monoisotopic (exact) mass is 382 g/mol. The molecule has 4 rings (SSSR count). The summed E-state index contributed by atoms with van der Waals surface area (Å²) >= 11 is 0. The zero-order chi connectivity index (χ0) is 19.7. The Morgan fingerprint density at radius 3 is 2.96 bits per heavy atom. The number of amides is 2. The quantitative estimate of drug-likeness (QED) is 0.885. The molecule has 1 saturated carbocycles. The molecule has 2 heterocycles. The number of aryl methyl sites for hydroxylation is 1. The third-order valence-electron chi connectivity index (χ3n) is 5.80. The Balaban J connectivity index is 1.47. The molecular formula is C21H23FN4O2. The summed E-state index contributed by atoms with van der Waals surface area (Å²) in [7, 11) is 0. The maximum Gasteiger partial charge on any atom is 0.251 e. The van der Waals surface area contributed by atoms with Crippen LogP contribution in [-0.4, -0.2) is 34.4 Å². The number of hydrogen-bond acceptors (Lipinski definition) is 4. The predicted molar refractivity (Wildman–Crippen MR) is 102 cm³/mol. The molecule has 1 spiro atoms. The van der Waals surface area contributed by atoms with Gasteiger partial charge in [-0.2, -0.15) is 0 Å². The Morgan fingerprint density at radius 1 is 1.32 bits per heavy atom. The predicted octanol–water partition coefficient (Wildman–Crippen LogP) is 3.02. The van der Waals surface area contributed by atoms with E-state index in [0.29, 0.717) is 24.5 Å². The number of halogens is 1.